The Bertz CT molecular complexity index is 408. The predicted molar refractivity (Wildman–Crippen MR) is 49.0 cm³/mol. The van der Waals surface area contributed by atoms with Gasteiger partial charge in [0.25, 0.3) is 0 Å². The molecule has 62 valence electrons. The Morgan fingerprint density at radius 1 is 1.50 bits per heavy atom. The van der Waals surface area contributed by atoms with Crippen molar-refractivity contribution in [3.63, 3.8) is 0 Å². The van der Waals surface area contributed by atoms with Crippen LogP contribution in [0.1, 0.15) is 5.69 Å². The van der Waals surface area contributed by atoms with E-state index in [1.807, 2.05) is 12.1 Å². The fraction of sp³-hybridized carbons (Fsp3) is 0.125. The molecular weight excluding hydrogens is 174 g/mol. The van der Waals surface area contributed by atoms with Gasteiger partial charge in [-0.05, 0) is 12.1 Å². The molecule has 12 heavy (non-hydrogen) atoms. The minimum Gasteiger partial charge on any atom is -0.356 e. The second-order valence-electron chi connectivity index (χ2n) is 2.59. The number of nitrogens with one attached hydrogen (secondary N) is 1. The predicted octanol–water partition coefficient (Wildman–Crippen LogP) is 1.68. The molecule has 0 amide bonds. The van der Waals surface area contributed by atoms with Crippen LogP contribution in [0.25, 0.3) is 11.0 Å². The van der Waals surface area contributed by atoms with E-state index in [0.717, 1.165) is 16.7 Å². The number of aromatic nitrogens is 2. The van der Waals surface area contributed by atoms with E-state index in [4.69, 9.17) is 17.3 Å². The molecule has 0 radical (unpaired) electrons. The smallest absolute Gasteiger partial charge is 0.0883 e. The number of hydrogen-bond donors (Lipinski definition) is 2. The first-order valence-corrected chi connectivity index (χ1v) is 4.00. The highest BCUT2D eigenvalue weighted by atomic mass is 35.5. The van der Waals surface area contributed by atoms with E-state index in [0.29, 0.717) is 11.6 Å². The van der Waals surface area contributed by atoms with Gasteiger partial charge in [0.2, 0.25) is 0 Å². The molecule has 2 aromatic rings. The van der Waals surface area contributed by atoms with Crippen molar-refractivity contribution in [3.05, 3.63) is 29.0 Å². The van der Waals surface area contributed by atoms with Gasteiger partial charge in [-0.15, -0.1) is 0 Å². The zero-order valence-corrected chi connectivity index (χ0v) is 7.10. The van der Waals surface area contributed by atoms with Crippen LogP contribution in [-0.4, -0.2) is 9.97 Å². The van der Waals surface area contributed by atoms with Gasteiger partial charge in [0, 0.05) is 18.4 Å². The van der Waals surface area contributed by atoms with Crippen LogP contribution in [0, 0.1) is 0 Å². The van der Waals surface area contributed by atoms with Crippen molar-refractivity contribution in [1.82, 2.24) is 9.97 Å². The number of pyridine rings is 1. The highest BCUT2D eigenvalue weighted by Crippen LogP contribution is 2.16. The highest BCUT2D eigenvalue weighted by molar-refractivity contribution is 6.31. The summed E-state index contributed by atoms with van der Waals surface area (Å²) in [6.45, 7) is 0.494. The van der Waals surface area contributed by atoms with Crippen molar-refractivity contribution >= 4 is 22.6 Å². The molecule has 0 saturated heterocycles. The minimum atomic E-state index is 0.494. The van der Waals surface area contributed by atoms with Crippen molar-refractivity contribution in [2.24, 2.45) is 5.73 Å². The zero-order valence-electron chi connectivity index (χ0n) is 6.34. The largest absolute Gasteiger partial charge is 0.356 e. The molecule has 0 aliphatic carbocycles. The van der Waals surface area contributed by atoms with E-state index in [1.54, 1.807) is 6.20 Å². The average Bonchev–Trinajstić information content (AvgIpc) is 2.46. The number of fused-ring (bicyclic) bond motifs is 1. The summed E-state index contributed by atoms with van der Waals surface area (Å²) >= 11 is 5.76. The summed E-state index contributed by atoms with van der Waals surface area (Å²) in [7, 11) is 0. The Morgan fingerprint density at radius 3 is 3.08 bits per heavy atom. The first kappa shape index (κ1) is 7.58. The SMILES string of the molecule is NCc1cc2ncc(Cl)cc2[nH]1. The second kappa shape index (κ2) is 2.77. The van der Waals surface area contributed by atoms with Crippen LogP contribution in [0.4, 0.5) is 0 Å². The molecule has 2 heterocycles. The summed E-state index contributed by atoms with van der Waals surface area (Å²) in [6, 6.07) is 3.76. The van der Waals surface area contributed by atoms with Crippen molar-refractivity contribution in [2.45, 2.75) is 6.54 Å². The molecule has 0 saturated carbocycles. The van der Waals surface area contributed by atoms with E-state index in [-0.39, 0.29) is 0 Å². The van der Waals surface area contributed by atoms with E-state index in [2.05, 4.69) is 9.97 Å². The Kier molecular flexibility index (Phi) is 1.75. The van der Waals surface area contributed by atoms with Crippen LogP contribution >= 0.6 is 11.6 Å². The molecule has 0 fully saturated rings. The molecule has 3 nitrogen and oxygen atoms in total. The molecular formula is C8H8ClN3. The maximum atomic E-state index is 5.76. The normalized spacial score (nSPS) is 10.8. The minimum absolute atomic E-state index is 0.494. The quantitative estimate of drug-likeness (QED) is 0.703. The molecule has 0 aliphatic heterocycles. The highest BCUT2D eigenvalue weighted by Gasteiger charge is 2.00. The van der Waals surface area contributed by atoms with Gasteiger partial charge >= 0.3 is 0 Å². The summed E-state index contributed by atoms with van der Waals surface area (Å²) < 4.78 is 0. The Morgan fingerprint density at radius 2 is 2.33 bits per heavy atom. The third-order valence-corrected chi connectivity index (χ3v) is 1.92. The molecule has 0 aromatic carbocycles. The molecule has 0 atom stereocenters. The number of nitrogens with zero attached hydrogens (tertiary/aromatic N) is 1. The molecule has 0 unspecified atom stereocenters. The summed E-state index contributed by atoms with van der Waals surface area (Å²) in [5.74, 6) is 0. The Hall–Kier alpha value is -1.06. The maximum absolute atomic E-state index is 5.76. The first-order chi connectivity index (χ1) is 5.79. The number of nitrogens with two attached hydrogens (primary N) is 1. The lowest BCUT2D eigenvalue weighted by Crippen LogP contribution is -1.94. The molecule has 0 aliphatic rings. The molecule has 2 aromatic heterocycles. The van der Waals surface area contributed by atoms with Gasteiger partial charge in [0.05, 0.1) is 16.1 Å². The number of aromatic amines is 1. The third-order valence-electron chi connectivity index (χ3n) is 1.71. The lowest BCUT2D eigenvalue weighted by atomic mass is 10.4. The average molecular weight is 182 g/mol. The maximum Gasteiger partial charge on any atom is 0.0883 e. The number of H-pyrrole nitrogens is 1. The van der Waals surface area contributed by atoms with Gasteiger partial charge in [-0.2, -0.15) is 0 Å². The number of rotatable bonds is 1. The first-order valence-electron chi connectivity index (χ1n) is 3.63. The Balaban J connectivity index is 2.67. The van der Waals surface area contributed by atoms with Crippen LogP contribution in [0.3, 0.4) is 0 Å². The van der Waals surface area contributed by atoms with Crippen LogP contribution in [0.5, 0.6) is 0 Å². The molecule has 0 bridgehead atoms. The molecule has 2 rings (SSSR count). The fourth-order valence-corrected chi connectivity index (χ4v) is 1.31. The van der Waals surface area contributed by atoms with Crippen molar-refractivity contribution in [1.29, 1.82) is 0 Å². The van der Waals surface area contributed by atoms with E-state index >= 15 is 0 Å². The van der Waals surface area contributed by atoms with Gasteiger partial charge in [0.15, 0.2) is 0 Å². The lowest BCUT2D eigenvalue weighted by Gasteiger charge is -1.88. The van der Waals surface area contributed by atoms with Gasteiger partial charge in [-0.1, -0.05) is 11.6 Å². The molecule has 4 heteroatoms. The van der Waals surface area contributed by atoms with E-state index in [1.165, 1.54) is 0 Å². The monoisotopic (exact) mass is 181 g/mol. The summed E-state index contributed by atoms with van der Waals surface area (Å²) in [5, 5.41) is 0.632. The standard InChI is InChI=1S/C8H8ClN3/c9-5-1-8-7(11-4-5)2-6(3-10)12-8/h1-2,4,12H,3,10H2. The van der Waals surface area contributed by atoms with Crippen LogP contribution < -0.4 is 5.73 Å². The van der Waals surface area contributed by atoms with Crippen LogP contribution in [-0.2, 0) is 6.54 Å². The van der Waals surface area contributed by atoms with Crippen LogP contribution in [0.15, 0.2) is 18.3 Å². The summed E-state index contributed by atoms with van der Waals surface area (Å²) in [6.07, 6.45) is 1.62. The molecule has 0 spiro atoms. The molecule has 3 N–H and O–H groups in total. The van der Waals surface area contributed by atoms with E-state index in [9.17, 15) is 0 Å². The number of halogens is 1. The van der Waals surface area contributed by atoms with Crippen molar-refractivity contribution in [2.75, 3.05) is 0 Å². The lowest BCUT2D eigenvalue weighted by molar-refractivity contribution is 1.02. The third kappa shape index (κ3) is 1.17. The summed E-state index contributed by atoms with van der Waals surface area (Å²) in [4.78, 5) is 7.24. The summed E-state index contributed by atoms with van der Waals surface area (Å²) in [5.41, 5.74) is 8.27. The van der Waals surface area contributed by atoms with Crippen molar-refractivity contribution in [3.8, 4) is 0 Å². The topological polar surface area (TPSA) is 54.7 Å². The number of hydrogen-bond acceptors (Lipinski definition) is 2. The zero-order chi connectivity index (χ0) is 8.55. The van der Waals surface area contributed by atoms with Gasteiger partial charge in [0.1, 0.15) is 0 Å². The van der Waals surface area contributed by atoms with E-state index < -0.39 is 0 Å². The fourth-order valence-electron chi connectivity index (χ4n) is 1.15. The van der Waals surface area contributed by atoms with Crippen molar-refractivity contribution < 1.29 is 0 Å². The Labute approximate surface area is 74.5 Å². The van der Waals surface area contributed by atoms with Gasteiger partial charge in [-0.25, -0.2) is 0 Å². The van der Waals surface area contributed by atoms with Gasteiger partial charge < -0.3 is 10.7 Å². The van der Waals surface area contributed by atoms with Crippen LogP contribution in [0.2, 0.25) is 5.02 Å². The second-order valence-corrected chi connectivity index (χ2v) is 3.02. The van der Waals surface area contributed by atoms with Gasteiger partial charge in [-0.3, -0.25) is 4.98 Å².